The summed E-state index contributed by atoms with van der Waals surface area (Å²) in [6.07, 6.45) is 3.09. The summed E-state index contributed by atoms with van der Waals surface area (Å²) in [5.41, 5.74) is 5.12. The van der Waals surface area contributed by atoms with Crippen LogP contribution in [-0.2, 0) is 14.8 Å². The molecule has 9 heteroatoms. The number of carbonyl (C=O) groups excluding carboxylic acids is 1. The number of sulfonamides is 1. The Bertz CT molecular complexity index is 1370. The van der Waals surface area contributed by atoms with Gasteiger partial charge in [0.1, 0.15) is 13.2 Å². The first kappa shape index (κ1) is 27.5. The third kappa shape index (κ3) is 7.20. The van der Waals surface area contributed by atoms with Gasteiger partial charge in [-0.3, -0.25) is 9.10 Å². The Morgan fingerprint density at radius 2 is 1.78 bits per heavy atom. The molecule has 8 nitrogen and oxygen atoms in total. The second-order valence-corrected chi connectivity index (χ2v) is 10.0. The van der Waals surface area contributed by atoms with Gasteiger partial charge in [0, 0.05) is 0 Å². The van der Waals surface area contributed by atoms with Crippen molar-refractivity contribution in [3.8, 4) is 11.5 Å². The van der Waals surface area contributed by atoms with Crippen LogP contribution in [0, 0.1) is 13.8 Å². The van der Waals surface area contributed by atoms with E-state index in [9.17, 15) is 13.2 Å². The number of rotatable bonds is 12. The number of hydrazone groups is 1. The molecule has 0 radical (unpaired) electrons. The van der Waals surface area contributed by atoms with Crippen LogP contribution < -0.4 is 19.2 Å². The Kier molecular flexibility index (Phi) is 9.45. The van der Waals surface area contributed by atoms with E-state index < -0.39 is 22.5 Å². The van der Waals surface area contributed by atoms with Crippen LogP contribution in [0.2, 0.25) is 0 Å². The maximum atomic E-state index is 13.5. The quantitative estimate of drug-likeness (QED) is 0.213. The number of hydrogen-bond donors (Lipinski definition) is 1. The van der Waals surface area contributed by atoms with E-state index in [1.54, 1.807) is 55.5 Å². The van der Waals surface area contributed by atoms with Gasteiger partial charge in [-0.05, 0) is 73.9 Å². The number of hydrogen-bond acceptors (Lipinski definition) is 6. The minimum atomic E-state index is -4.01. The lowest BCUT2D eigenvalue weighted by molar-refractivity contribution is -0.119. The Morgan fingerprint density at radius 3 is 2.49 bits per heavy atom. The van der Waals surface area contributed by atoms with Gasteiger partial charge in [-0.1, -0.05) is 43.0 Å². The van der Waals surface area contributed by atoms with Gasteiger partial charge >= 0.3 is 0 Å². The van der Waals surface area contributed by atoms with Gasteiger partial charge in [0.05, 0.1) is 23.4 Å². The fourth-order valence-corrected chi connectivity index (χ4v) is 4.99. The summed E-state index contributed by atoms with van der Waals surface area (Å²) < 4.78 is 39.3. The zero-order valence-corrected chi connectivity index (χ0v) is 22.0. The van der Waals surface area contributed by atoms with Gasteiger partial charge in [-0.25, -0.2) is 13.8 Å². The lowest BCUT2D eigenvalue weighted by Gasteiger charge is -2.25. The molecule has 0 aliphatic rings. The zero-order valence-electron chi connectivity index (χ0n) is 21.2. The average Bonchev–Trinajstić information content (AvgIpc) is 2.89. The normalized spacial score (nSPS) is 11.2. The zero-order chi connectivity index (χ0) is 26.8. The molecule has 0 aliphatic heterocycles. The van der Waals surface area contributed by atoms with E-state index in [0.717, 1.165) is 15.4 Å². The Morgan fingerprint density at radius 1 is 1.03 bits per heavy atom. The van der Waals surface area contributed by atoms with Crippen molar-refractivity contribution in [3.05, 3.63) is 96.1 Å². The first-order valence-electron chi connectivity index (χ1n) is 11.7. The highest BCUT2D eigenvalue weighted by Gasteiger charge is 2.28. The van der Waals surface area contributed by atoms with Crippen LogP contribution in [0.25, 0.3) is 0 Å². The van der Waals surface area contributed by atoms with Crippen LogP contribution in [-0.4, -0.2) is 40.3 Å². The Balaban J connectivity index is 1.81. The second-order valence-electron chi connectivity index (χ2n) is 8.15. The predicted molar refractivity (Wildman–Crippen MR) is 146 cm³/mol. The summed E-state index contributed by atoms with van der Waals surface area (Å²) in [5, 5.41) is 4.02. The lowest BCUT2D eigenvalue weighted by Crippen LogP contribution is -2.40. The number of anilines is 1. The molecule has 3 aromatic rings. The van der Waals surface area contributed by atoms with Crippen molar-refractivity contribution in [1.82, 2.24) is 5.43 Å². The van der Waals surface area contributed by atoms with Gasteiger partial charge < -0.3 is 9.47 Å². The van der Waals surface area contributed by atoms with E-state index in [4.69, 9.17) is 9.47 Å². The van der Waals surface area contributed by atoms with Crippen molar-refractivity contribution in [1.29, 1.82) is 0 Å². The van der Waals surface area contributed by atoms with Crippen molar-refractivity contribution in [2.24, 2.45) is 5.10 Å². The van der Waals surface area contributed by atoms with Gasteiger partial charge in [-0.2, -0.15) is 5.10 Å². The van der Waals surface area contributed by atoms with Crippen LogP contribution in [0.4, 0.5) is 5.69 Å². The molecule has 0 bridgehead atoms. The molecule has 0 aliphatic carbocycles. The molecule has 0 atom stereocenters. The average molecular weight is 522 g/mol. The molecule has 0 unspecified atom stereocenters. The number of carbonyl (C=O) groups is 1. The first-order valence-corrected chi connectivity index (χ1v) is 13.2. The lowest BCUT2D eigenvalue weighted by atomic mass is 10.1. The van der Waals surface area contributed by atoms with Crippen molar-refractivity contribution >= 4 is 27.8 Å². The van der Waals surface area contributed by atoms with E-state index >= 15 is 0 Å². The van der Waals surface area contributed by atoms with Gasteiger partial charge in [-0.15, -0.1) is 0 Å². The summed E-state index contributed by atoms with van der Waals surface area (Å²) in [5.74, 6) is 0.514. The molecule has 0 aromatic heterocycles. The van der Waals surface area contributed by atoms with Crippen molar-refractivity contribution in [2.75, 3.05) is 24.1 Å². The third-order valence-electron chi connectivity index (χ3n) is 5.28. The number of benzene rings is 3. The number of amides is 1. The van der Waals surface area contributed by atoms with E-state index in [0.29, 0.717) is 36.0 Å². The largest absolute Gasteiger partial charge is 0.490 e. The van der Waals surface area contributed by atoms with E-state index in [-0.39, 0.29) is 4.90 Å². The topological polar surface area (TPSA) is 97.3 Å². The molecule has 0 fully saturated rings. The summed E-state index contributed by atoms with van der Waals surface area (Å²) in [7, 11) is -4.01. The molecule has 1 N–H and O–H groups in total. The number of nitrogens with zero attached hydrogens (tertiary/aromatic N) is 2. The smallest absolute Gasteiger partial charge is 0.264 e. The van der Waals surface area contributed by atoms with Gasteiger partial charge in [0.25, 0.3) is 15.9 Å². The van der Waals surface area contributed by atoms with Crippen molar-refractivity contribution < 1.29 is 22.7 Å². The van der Waals surface area contributed by atoms with Crippen LogP contribution in [0.15, 0.2) is 89.4 Å². The van der Waals surface area contributed by atoms with Crippen LogP contribution in [0.1, 0.15) is 23.6 Å². The monoisotopic (exact) mass is 521 g/mol. The Hall–Kier alpha value is -4.11. The minimum absolute atomic E-state index is 0.0921. The molecule has 3 aromatic carbocycles. The van der Waals surface area contributed by atoms with Crippen LogP contribution in [0.5, 0.6) is 11.5 Å². The fraction of sp³-hybridized carbons (Fsp3) is 0.214. The van der Waals surface area contributed by atoms with E-state index in [1.165, 1.54) is 18.3 Å². The molecule has 37 heavy (non-hydrogen) atoms. The fourth-order valence-electron chi connectivity index (χ4n) is 3.49. The maximum Gasteiger partial charge on any atom is 0.264 e. The molecule has 0 saturated heterocycles. The van der Waals surface area contributed by atoms with Crippen LogP contribution >= 0.6 is 0 Å². The second kappa shape index (κ2) is 12.7. The molecule has 1 amide bonds. The predicted octanol–water partition coefficient (Wildman–Crippen LogP) is 4.61. The number of nitrogens with one attached hydrogen (secondary N) is 1. The number of ether oxygens (including phenoxy) is 2. The molecular weight excluding hydrogens is 490 g/mol. The highest BCUT2D eigenvalue weighted by molar-refractivity contribution is 7.92. The molecule has 0 spiro atoms. The standard InChI is InChI=1S/C28H31N3O5S/c1-5-16-36-26-15-14-23(18-27(26)35-6-2)19-29-30-28(32)20-31(25-17-21(3)12-13-22(25)4)37(33,34)24-10-8-7-9-11-24/h5,7-15,17-19H,1,6,16,20H2,2-4H3,(H,30,32)/b29-19-. The highest BCUT2D eigenvalue weighted by atomic mass is 32.2. The SMILES string of the molecule is C=CCOc1ccc(/C=N\NC(=O)CN(c2cc(C)ccc2C)S(=O)(=O)c2ccccc2)cc1OCC. The van der Waals surface area contributed by atoms with Crippen molar-refractivity contribution in [2.45, 2.75) is 25.7 Å². The molecule has 194 valence electrons. The minimum Gasteiger partial charge on any atom is -0.490 e. The molecule has 0 saturated carbocycles. The van der Waals surface area contributed by atoms with Gasteiger partial charge in [0.15, 0.2) is 11.5 Å². The third-order valence-corrected chi connectivity index (χ3v) is 7.05. The first-order chi connectivity index (χ1) is 17.8. The molecule has 3 rings (SSSR count). The van der Waals surface area contributed by atoms with Crippen molar-refractivity contribution in [3.63, 3.8) is 0 Å². The molecular formula is C28H31N3O5S. The maximum absolute atomic E-state index is 13.5. The van der Waals surface area contributed by atoms with Crippen LogP contribution in [0.3, 0.4) is 0 Å². The summed E-state index contributed by atoms with van der Waals surface area (Å²) in [6.45, 7) is 9.51. The number of aryl methyl sites for hydroxylation is 2. The summed E-state index contributed by atoms with van der Waals surface area (Å²) >= 11 is 0. The highest BCUT2D eigenvalue weighted by Crippen LogP contribution is 2.29. The summed E-state index contributed by atoms with van der Waals surface area (Å²) in [4.78, 5) is 12.9. The van der Waals surface area contributed by atoms with Gasteiger partial charge in [0.2, 0.25) is 0 Å². The molecule has 0 heterocycles. The van der Waals surface area contributed by atoms with E-state index in [2.05, 4.69) is 17.1 Å². The Labute approximate surface area is 218 Å². The summed E-state index contributed by atoms with van der Waals surface area (Å²) in [6, 6.07) is 18.7. The van der Waals surface area contributed by atoms with E-state index in [1.807, 2.05) is 26.0 Å².